The first-order valence-corrected chi connectivity index (χ1v) is 8.89. The van der Waals surface area contributed by atoms with Crippen LogP contribution in [0.15, 0.2) is 0 Å². The number of hydrogen-bond acceptors (Lipinski definition) is 3. The van der Waals surface area contributed by atoms with E-state index in [9.17, 15) is 8.42 Å². The first-order valence-electron chi connectivity index (χ1n) is 7.45. The lowest BCUT2D eigenvalue weighted by Crippen LogP contribution is -2.46. The van der Waals surface area contributed by atoms with Gasteiger partial charge in [-0.15, -0.1) is 0 Å². The van der Waals surface area contributed by atoms with E-state index in [1.165, 1.54) is 0 Å². The molecule has 1 aliphatic heterocycles. The van der Waals surface area contributed by atoms with Crippen molar-refractivity contribution in [1.82, 2.24) is 14.3 Å². The molecule has 1 saturated heterocycles. The zero-order valence-corrected chi connectivity index (χ0v) is 13.3. The molecule has 1 rings (SSSR count). The third-order valence-electron chi connectivity index (χ3n) is 3.91. The smallest absolute Gasteiger partial charge is 0.279 e. The maximum absolute atomic E-state index is 12.1. The summed E-state index contributed by atoms with van der Waals surface area (Å²) in [6, 6.07) is 0. The maximum Gasteiger partial charge on any atom is 0.279 e. The second-order valence-electron chi connectivity index (χ2n) is 5.52. The summed E-state index contributed by atoms with van der Waals surface area (Å²) >= 11 is 0. The molecule has 0 aliphatic carbocycles. The van der Waals surface area contributed by atoms with E-state index >= 15 is 0 Å². The van der Waals surface area contributed by atoms with Crippen LogP contribution in [-0.2, 0) is 10.2 Å². The Morgan fingerprint density at radius 2 is 1.89 bits per heavy atom. The fourth-order valence-electron chi connectivity index (χ4n) is 2.19. The second-order valence-corrected chi connectivity index (χ2v) is 7.27. The minimum atomic E-state index is -3.27. The molecule has 5 nitrogen and oxygen atoms in total. The van der Waals surface area contributed by atoms with Crippen molar-refractivity contribution in [2.75, 3.05) is 32.7 Å². The van der Waals surface area contributed by atoms with Crippen molar-refractivity contribution in [3.8, 4) is 0 Å². The van der Waals surface area contributed by atoms with Crippen molar-refractivity contribution in [2.24, 2.45) is 11.8 Å². The zero-order valence-electron chi connectivity index (χ0n) is 12.5. The van der Waals surface area contributed by atoms with Crippen molar-refractivity contribution in [1.29, 1.82) is 0 Å². The molecule has 0 amide bonds. The SMILES string of the molecule is CCNCC1CCN(S(=O)(=O)NCC(C)CC)CC1. The molecule has 2 N–H and O–H groups in total. The predicted octanol–water partition coefficient (Wildman–Crippen LogP) is 1.19. The Morgan fingerprint density at radius 3 is 2.42 bits per heavy atom. The highest BCUT2D eigenvalue weighted by Gasteiger charge is 2.27. The van der Waals surface area contributed by atoms with Gasteiger partial charge in [0.2, 0.25) is 0 Å². The number of rotatable bonds is 8. The van der Waals surface area contributed by atoms with Crippen LogP contribution in [0.3, 0.4) is 0 Å². The van der Waals surface area contributed by atoms with Gasteiger partial charge in [0.05, 0.1) is 0 Å². The lowest BCUT2D eigenvalue weighted by atomic mass is 9.98. The summed E-state index contributed by atoms with van der Waals surface area (Å²) in [6.07, 6.45) is 2.90. The summed E-state index contributed by atoms with van der Waals surface area (Å²) in [5, 5.41) is 3.34. The molecule has 0 aromatic heterocycles. The maximum atomic E-state index is 12.1. The van der Waals surface area contributed by atoms with Crippen LogP contribution in [-0.4, -0.2) is 45.4 Å². The highest BCUT2D eigenvalue weighted by atomic mass is 32.2. The molecule has 19 heavy (non-hydrogen) atoms. The van der Waals surface area contributed by atoms with E-state index in [1.54, 1.807) is 4.31 Å². The van der Waals surface area contributed by atoms with Crippen LogP contribution in [0.5, 0.6) is 0 Å². The standard InChI is InChI=1S/C13H29N3O2S/c1-4-12(3)10-15-19(17,18)16-8-6-13(7-9-16)11-14-5-2/h12-15H,4-11H2,1-3H3. The van der Waals surface area contributed by atoms with Gasteiger partial charge in [-0.25, -0.2) is 4.72 Å². The largest absolute Gasteiger partial charge is 0.317 e. The molecule has 1 aliphatic rings. The molecular formula is C13H29N3O2S. The summed E-state index contributed by atoms with van der Waals surface area (Å²) in [5.74, 6) is 1.00. The van der Waals surface area contributed by atoms with Crippen LogP contribution in [0.1, 0.15) is 40.0 Å². The third-order valence-corrected chi connectivity index (χ3v) is 5.48. The molecule has 0 aromatic carbocycles. The first kappa shape index (κ1) is 16.9. The molecule has 0 saturated carbocycles. The predicted molar refractivity (Wildman–Crippen MR) is 79.2 cm³/mol. The van der Waals surface area contributed by atoms with Crippen LogP contribution < -0.4 is 10.0 Å². The molecule has 1 fully saturated rings. The molecule has 0 spiro atoms. The van der Waals surface area contributed by atoms with Crippen LogP contribution in [0, 0.1) is 11.8 Å². The number of piperidine rings is 1. The topological polar surface area (TPSA) is 61.4 Å². The van der Waals surface area contributed by atoms with Crippen molar-refractivity contribution in [3.63, 3.8) is 0 Å². The number of nitrogens with one attached hydrogen (secondary N) is 2. The van der Waals surface area contributed by atoms with Crippen LogP contribution in [0.4, 0.5) is 0 Å². The molecule has 0 bridgehead atoms. The Bertz CT molecular complexity index is 338. The van der Waals surface area contributed by atoms with Gasteiger partial charge in [-0.2, -0.15) is 12.7 Å². The summed E-state index contributed by atoms with van der Waals surface area (Å²) < 4.78 is 28.6. The average molecular weight is 291 g/mol. The van der Waals surface area contributed by atoms with Crippen molar-refractivity contribution < 1.29 is 8.42 Å². The molecule has 1 unspecified atom stereocenters. The molecule has 0 radical (unpaired) electrons. The van der Waals surface area contributed by atoms with Gasteiger partial charge in [0, 0.05) is 19.6 Å². The highest BCUT2D eigenvalue weighted by Crippen LogP contribution is 2.18. The fourth-order valence-corrected chi connectivity index (χ4v) is 3.55. The molecule has 1 heterocycles. The van der Waals surface area contributed by atoms with E-state index in [0.717, 1.165) is 32.4 Å². The van der Waals surface area contributed by atoms with Gasteiger partial charge in [0.15, 0.2) is 0 Å². The highest BCUT2D eigenvalue weighted by molar-refractivity contribution is 7.87. The second kappa shape index (κ2) is 8.19. The lowest BCUT2D eigenvalue weighted by Gasteiger charge is -2.31. The Labute approximate surface area is 118 Å². The number of nitrogens with zero attached hydrogens (tertiary/aromatic N) is 1. The summed E-state index contributed by atoms with van der Waals surface area (Å²) in [7, 11) is -3.27. The summed E-state index contributed by atoms with van der Waals surface area (Å²) in [6.45, 7) is 10.0. The minimum absolute atomic E-state index is 0.390. The van der Waals surface area contributed by atoms with Crippen molar-refractivity contribution in [2.45, 2.75) is 40.0 Å². The summed E-state index contributed by atoms with van der Waals surface area (Å²) in [5.41, 5.74) is 0. The van der Waals surface area contributed by atoms with Gasteiger partial charge in [-0.3, -0.25) is 0 Å². The molecule has 6 heteroatoms. The zero-order chi connectivity index (χ0) is 14.3. The summed E-state index contributed by atoms with van der Waals surface area (Å²) in [4.78, 5) is 0. The van der Waals surface area contributed by atoms with Crippen molar-refractivity contribution in [3.05, 3.63) is 0 Å². The Hall–Kier alpha value is -0.170. The Balaban J connectivity index is 2.36. The minimum Gasteiger partial charge on any atom is -0.317 e. The fraction of sp³-hybridized carbons (Fsp3) is 1.00. The van der Waals surface area contributed by atoms with E-state index < -0.39 is 10.2 Å². The van der Waals surface area contributed by atoms with Crippen LogP contribution >= 0.6 is 0 Å². The molecular weight excluding hydrogens is 262 g/mol. The van der Waals surface area contributed by atoms with Gasteiger partial charge in [-0.1, -0.05) is 27.2 Å². The monoisotopic (exact) mass is 291 g/mol. The van der Waals surface area contributed by atoms with Crippen LogP contribution in [0.2, 0.25) is 0 Å². The van der Waals surface area contributed by atoms with E-state index in [1.807, 2.05) is 0 Å². The van der Waals surface area contributed by atoms with E-state index in [4.69, 9.17) is 0 Å². The van der Waals surface area contributed by atoms with Gasteiger partial charge >= 0.3 is 0 Å². The van der Waals surface area contributed by atoms with Gasteiger partial charge < -0.3 is 5.32 Å². The van der Waals surface area contributed by atoms with Gasteiger partial charge in [0.1, 0.15) is 0 Å². The number of hydrogen-bond donors (Lipinski definition) is 2. The molecule has 114 valence electrons. The van der Waals surface area contributed by atoms with E-state index in [-0.39, 0.29) is 0 Å². The Kier molecular flexibility index (Phi) is 7.28. The average Bonchev–Trinajstić information content (AvgIpc) is 2.43. The molecule has 0 aromatic rings. The van der Waals surface area contributed by atoms with Crippen molar-refractivity contribution >= 4 is 10.2 Å². The third kappa shape index (κ3) is 5.77. The molecule has 1 atom stereocenters. The van der Waals surface area contributed by atoms with Gasteiger partial charge in [-0.05, 0) is 37.8 Å². The normalized spacial score (nSPS) is 20.6. The lowest BCUT2D eigenvalue weighted by molar-refractivity contribution is 0.265. The van der Waals surface area contributed by atoms with Crippen LogP contribution in [0.25, 0.3) is 0 Å². The quantitative estimate of drug-likeness (QED) is 0.706. The van der Waals surface area contributed by atoms with Gasteiger partial charge in [0.25, 0.3) is 10.2 Å². The first-order chi connectivity index (χ1) is 8.99. The Morgan fingerprint density at radius 1 is 1.26 bits per heavy atom. The van der Waals surface area contributed by atoms with E-state index in [0.29, 0.717) is 31.5 Å². The van der Waals surface area contributed by atoms with E-state index in [2.05, 4.69) is 30.8 Å².